The number of sulfonamides is 1. The number of rotatable bonds is 8. The van der Waals surface area contributed by atoms with Crippen molar-refractivity contribution in [2.75, 3.05) is 20.2 Å². The van der Waals surface area contributed by atoms with Crippen LogP contribution in [0.1, 0.15) is 29.8 Å². The van der Waals surface area contributed by atoms with Crippen LogP contribution in [0.4, 0.5) is 0 Å². The highest BCUT2D eigenvalue weighted by Crippen LogP contribution is 2.08. The van der Waals surface area contributed by atoms with Crippen molar-refractivity contribution in [1.29, 1.82) is 0 Å². The summed E-state index contributed by atoms with van der Waals surface area (Å²) in [6, 6.07) is 6.64. The van der Waals surface area contributed by atoms with E-state index in [-0.39, 0.29) is 5.75 Å². The van der Waals surface area contributed by atoms with E-state index in [0.717, 1.165) is 0 Å². The third-order valence-electron chi connectivity index (χ3n) is 2.73. The molecule has 0 aromatic heterocycles. The monoisotopic (exact) mass is 314 g/mol. The Labute approximate surface area is 125 Å². The molecule has 0 aliphatic carbocycles. The SMILES string of the molecule is COC(=O)c1ccc(CS(=O)(=O)NCCNC(C)C)cc1. The number of nitrogens with one attached hydrogen (secondary N) is 2. The summed E-state index contributed by atoms with van der Waals surface area (Å²) < 4.78 is 30.9. The molecule has 21 heavy (non-hydrogen) atoms. The molecule has 0 saturated carbocycles. The average molecular weight is 314 g/mol. The molecule has 0 aliphatic heterocycles. The van der Waals surface area contributed by atoms with Gasteiger partial charge in [0.25, 0.3) is 0 Å². The van der Waals surface area contributed by atoms with E-state index >= 15 is 0 Å². The number of ether oxygens (including phenoxy) is 1. The zero-order valence-electron chi connectivity index (χ0n) is 12.5. The molecule has 0 spiro atoms. The number of carbonyl (C=O) groups excluding carboxylic acids is 1. The summed E-state index contributed by atoms with van der Waals surface area (Å²) in [6.07, 6.45) is 0. The van der Waals surface area contributed by atoms with E-state index in [2.05, 4.69) is 14.8 Å². The molecule has 1 aromatic carbocycles. The Balaban J connectivity index is 2.53. The Bertz CT molecular complexity index is 553. The Hall–Kier alpha value is -1.44. The predicted octanol–water partition coefficient (Wildman–Crippen LogP) is 0.891. The Morgan fingerprint density at radius 2 is 1.81 bits per heavy atom. The fourth-order valence-electron chi connectivity index (χ4n) is 1.69. The third kappa shape index (κ3) is 6.70. The van der Waals surface area contributed by atoms with Crippen LogP contribution < -0.4 is 10.0 Å². The van der Waals surface area contributed by atoms with Gasteiger partial charge < -0.3 is 10.1 Å². The lowest BCUT2D eigenvalue weighted by atomic mass is 10.1. The van der Waals surface area contributed by atoms with Gasteiger partial charge in [0.15, 0.2) is 0 Å². The predicted molar refractivity (Wildman–Crippen MR) is 81.5 cm³/mol. The fourth-order valence-corrected chi connectivity index (χ4v) is 2.84. The Morgan fingerprint density at radius 1 is 1.19 bits per heavy atom. The quantitative estimate of drug-likeness (QED) is 0.550. The Kier molecular flexibility index (Phi) is 6.80. The Morgan fingerprint density at radius 3 is 2.33 bits per heavy atom. The van der Waals surface area contributed by atoms with E-state index in [0.29, 0.717) is 30.3 Å². The standard InChI is InChI=1S/C14H22N2O4S/c1-11(2)15-8-9-16-21(18,19)10-12-4-6-13(7-5-12)14(17)20-3/h4-7,11,15-16H,8-10H2,1-3H3. The van der Waals surface area contributed by atoms with Gasteiger partial charge in [0, 0.05) is 19.1 Å². The van der Waals surface area contributed by atoms with Gasteiger partial charge in [-0.1, -0.05) is 26.0 Å². The first kappa shape index (κ1) is 17.6. The highest BCUT2D eigenvalue weighted by molar-refractivity contribution is 7.88. The van der Waals surface area contributed by atoms with Crippen molar-refractivity contribution >= 4 is 16.0 Å². The van der Waals surface area contributed by atoms with Crippen molar-refractivity contribution in [2.24, 2.45) is 0 Å². The smallest absolute Gasteiger partial charge is 0.337 e. The first-order chi connectivity index (χ1) is 9.84. The summed E-state index contributed by atoms with van der Waals surface area (Å²) in [5.41, 5.74) is 1.01. The molecule has 0 amide bonds. The molecule has 0 bridgehead atoms. The van der Waals surface area contributed by atoms with E-state index in [1.807, 2.05) is 13.8 Å². The minimum atomic E-state index is -3.38. The molecule has 118 valence electrons. The number of hydrogen-bond acceptors (Lipinski definition) is 5. The second-order valence-electron chi connectivity index (χ2n) is 4.95. The van der Waals surface area contributed by atoms with Gasteiger partial charge in [-0.3, -0.25) is 0 Å². The van der Waals surface area contributed by atoms with Gasteiger partial charge in [0.1, 0.15) is 0 Å². The lowest BCUT2D eigenvalue weighted by Gasteiger charge is -2.10. The number of benzene rings is 1. The normalized spacial score (nSPS) is 11.6. The van der Waals surface area contributed by atoms with Gasteiger partial charge in [0.05, 0.1) is 18.4 Å². The highest BCUT2D eigenvalue weighted by atomic mass is 32.2. The molecule has 0 heterocycles. The summed E-state index contributed by atoms with van der Waals surface area (Å²) in [4.78, 5) is 11.3. The lowest BCUT2D eigenvalue weighted by molar-refractivity contribution is 0.0600. The van der Waals surface area contributed by atoms with Gasteiger partial charge in [-0.15, -0.1) is 0 Å². The van der Waals surface area contributed by atoms with E-state index in [9.17, 15) is 13.2 Å². The van der Waals surface area contributed by atoms with E-state index < -0.39 is 16.0 Å². The van der Waals surface area contributed by atoms with Crippen molar-refractivity contribution in [3.05, 3.63) is 35.4 Å². The van der Waals surface area contributed by atoms with Crippen LogP contribution >= 0.6 is 0 Å². The number of esters is 1. The molecule has 6 nitrogen and oxygen atoms in total. The largest absolute Gasteiger partial charge is 0.465 e. The second-order valence-corrected chi connectivity index (χ2v) is 6.76. The van der Waals surface area contributed by atoms with Crippen LogP contribution in [0.25, 0.3) is 0 Å². The maximum atomic E-state index is 11.9. The summed E-state index contributed by atoms with van der Waals surface area (Å²) in [7, 11) is -2.08. The first-order valence-electron chi connectivity index (χ1n) is 6.72. The molecular formula is C14H22N2O4S. The molecule has 0 radical (unpaired) electrons. The van der Waals surface area contributed by atoms with Crippen LogP contribution in [0.15, 0.2) is 24.3 Å². The van der Waals surface area contributed by atoms with E-state index in [1.54, 1.807) is 24.3 Å². The van der Waals surface area contributed by atoms with Crippen molar-refractivity contribution in [1.82, 2.24) is 10.0 Å². The number of hydrogen-bond donors (Lipinski definition) is 2. The minimum Gasteiger partial charge on any atom is -0.465 e. The average Bonchev–Trinajstić information content (AvgIpc) is 2.43. The van der Waals surface area contributed by atoms with Crippen LogP contribution in [0, 0.1) is 0 Å². The van der Waals surface area contributed by atoms with Crippen LogP contribution in [0.2, 0.25) is 0 Å². The summed E-state index contributed by atoms with van der Waals surface area (Å²) >= 11 is 0. The van der Waals surface area contributed by atoms with Gasteiger partial charge in [-0.2, -0.15) is 0 Å². The van der Waals surface area contributed by atoms with E-state index in [4.69, 9.17) is 0 Å². The van der Waals surface area contributed by atoms with Crippen LogP contribution in [0.5, 0.6) is 0 Å². The molecule has 0 aliphatic rings. The minimum absolute atomic E-state index is 0.115. The highest BCUT2D eigenvalue weighted by Gasteiger charge is 2.12. The summed E-state index contributed by atoms with van der Waals surface area (Å²) in [6.45, 7) is 4.92. The fraction of sp³-hybridized carbons (Fsp3) is 0.500. The molecule has 2 N–H and O–H groups in total. The second kappa shape index (κ2) is 8.11. The third-order valence-corrected chi connectivity index (χ3v) is 4.09. The molecular weight excluding hydrogens is 292 g/mol. The molecule has 7 heteroatoms. The van der Waals surface area contributed by atoms with Crippen molar-refractivity contribution in [2.45, 2.75) is 25.6 Å². The zero-order chi connectivity index (χ0) is 15.9. The number of carbonyl (C=O) groups is 1. The van der Waals surface area contributed by atoms with Crippen molar-refractivity contribution in [3.8, 4) is 0 Å². The zero-order valence-corrected chi connectivity index (χ0v) is 13.4. The van der Waals surface area contributed by atoms with Crippen LogP contribution in [-0.2, 0) is 20.5 Å². The maximum absolute atomic E-state index is 11.9. The van der Waals surface area contributed by atoms with Crippen molar-refractivity contribution < 1.29 is 17.9 Å². The summed E-state index contributed by atoms with van der Waals surface area (Å²) in [5, 5.41) is 3.13. The molecule has 0 saturated heterocycles. The molecule has 0 atom stereocenters. The first-order valence-corrected chi connectivity index (χ1v) is 8.37. The van der Waals surface area contributed by atoms with Gasteiger partial charge >= 0.3 is 5.97 Å². The van der Waals surface area contributed by atoms with Crippen molar-refractivity contribution in [3.63, 3.8) is 0 Å². The van der Waals surface area contributed by atoms with Gasteiger partial charge in [0.2, 0.25) is 10.0 Å². The molecule has 0 fully saturated rings. The maximum Gasteiger partial charge on any atom is 0.337 e. The lowest BCUT2D eigenvalue weighted by Crippen LogP contribution is -2.35. The molecule has 1 rings (SSSR count). The van der Waals surface area contributed by atoms with Gasteiger partial charge in [-0.25, -0.2) is 17.9 Å². The van der Waals surface area contributed by atoms with E-state index in [1.165, 1.54) is 7.11 Å². The summed E-state index contributed by atoms with van der Waals surface area (Å²) in [5.74, 6) is -0.557. The van der Waals surface area contributed by atoms with Gasteiger partial charge in [-0.05, 0) is 17.7 Å². The van der Waals surface area contributed by atoms with Crippen LogP contribution in [-0.4, -0.2) is 40.6 Å². The molecule has 1 aromatic rings. The number of methoxy groups -OCH3 is 1. The molecule has 0 unspecified atom stereocenters. The van der Waals surface area contributed by atoms with Crippen LogP contribution in [0.3, 0.4) is 0 Å². The topological polar surface area (TPSA) is 84.5 Å².